The zero-order valence-corrected chi connectivity index (χ0v) is 16.9. The van der Waals surface area contributed by atoms with Gasteiger partial charge in [0.05, 0.1) is 25.2 Å². The van der Waals surface area contributed by atoms with Crippen molar-refractivity contribution in [3.63, 3.8) is 0 Å². The van der Waals surface area contributed by atoms with E-state index in [0.717, 1.165) is 19.3 Å². The lowest BCUT2D eigenvalue weighted by atomic mass is 9.52. The molecule has 4 fully saturated rings. The van der Waals surface area contributed by atoms with Crippen LogP contribution in [-0.4, -0.2) is 42.6 Å². The van der Waals surface area contributed by atoms with Crippen LogP contribution in [0.5, 0.6) is 5.75 Å². The van der Waals surface area contributed by atoms with E-state index in [-0.39, 0.29) is 18.1 Å². The minimum atomic E-state index is -0.522. The van der Waals surface area contributed by atoms with Gasteiger partial charge in [0.25, 0.3) is 5.91 Å². The molecule has 0 saturated heterocycles. The van der Waals surface area contributed by atoms with Crippen molar-refractivity contribution in [3.05, 3.63) is 29.8 Å². The van der Waals surface area contributed by atoms with Crippen molar-refractivity contribution < 1.29 is 19.1 Å². The summed E-state index contributed by atoms with van der Waals surface area (Å²) in [5.74, 6) is 2.04. The molecule has 1 aromatic rings. The van der Waals surface area contributed by atoms with Gasteiger partial charge in [0.1, 0.15) is 5.75 Å². The molecular weight excluding hydrogens is 368 g/mol. The topological polar surface area (TPSA) is 79.6 Å². The third kappa shape index (κ3) is 3.96. The molecule has 6 heteroatoms. The second kappa shape index (κ2) is 8.06. The van der Waals surface area contributed by atoms with E-state index in [1.54, 1.807) is 31.4 Å². The lowest BCUT2D eigenvalue weighted by Crippen LogP contribution is -2.62. The third-order valence-corrected chi connectivity index (χ3v) is 6.98. The largest absolute Gasteiger partial charge is 0.497 e. The molecule has 0 radical (unpaired) electrons. The molecule has 29 heavy (non-hydrogen) atoms. The Bertz CT molecular complexity index is 776. The number of carbonyl (C=O) groups is 2. The van der Waals surface area contributed by atoms with E-state index in [9.17, 15) is 9.59 Å². The van der Waals surface area contributed by atoms with Crippen LogP contribution in [0.15, 0.2) is 24.3 Å². The highest BCUT2D eigenvalue weighted by atomic mass is 16.5. The summed E-state index contributed by atoms with van der Waals surface area (Å²) >= 11 is 0. The summed E-state index contributed by atoms with van der Waals surface area (Å²) in [6.07, 6.45) is 7.25. The SMILES string of the molecule is COc1ccc(C(=O)OCC(=O)N(CCC#N)C23CC4CC(CC(C4)C2)C3)cc1. The molecule has 0 aromatic heterocycles. The number of nitriles is 1. The lowest BCUT2D eigenvalue weighted by Gasteiger charge is -2.60. The van der Waals surface area contributed by atoms with Gasteiger partial charge < -0.3 is 14.4 Å². The molecule has 4 aliphatic carbocycles. The number of ether oxygens (including phenoxy) is 2. The van der Waals surface area contributed by atoms with Crippen LogP contribution in [0.3, 0.4) is 0 Å². The van der Waals surface area contributed by atoms with Crippen LogP contribution in [0.1, 0.15) is 55.3 Å². The third-order valence-electron chi connectivity index (χ3n) is 6.98. The standard InChI is InChI=1S/C23H28N2O4/c1-28-20-5-3-19(4-6-20)22(27)29-15-21(26)25(8-2-7-24)23-12-16-9-17(13-23)11-18(10-16)14-23/h3-6,16-18H,2,8-15H2,1H3. The molecule has 154 valence electrons. The Morgan fingerprint density at radius 3 is 2.21 bits per heavy atom. The number of methoxy groups -OCH3 is 1. The summed E-state index contributed by atoms with van der Waals surface area (Å²) < 4.78 is 10.4. The molecule has 0 aliphatic heterocycles. The zero-order valence-electron chi connectivity index (χ0n) is 16.9. The Hall–Kier alpha value is -2.55. The van der Waals surface area contributed by atoms with Gasteiger partial charge in [-0.1, -0.05) is 0 Å². The number of carbonyl (C=O) groups excluding carboxylic acids is 2. The number of hydrogen-bond donors (Lipinski definition) is 0. The number of rotatable bonds is 7. The molecule has 0 N–H and O–H groups in total. The molecule has 0 heterocycles. The summed E-state index contributed by atoms with van der Waals surface area (Å²) in [6.45, 7) is 0.139. The predicted molar refractivity (Wildman–Crippen MR) is 106 cm³/mol. The van der Waals surface area contributed by atoms with Gasteiger partial charge in [-0.05, 0) is 80.5 Å². The van der Waals surface area contributed by atoms with Gasteiger partial charge in [-0.25, -0.2) is 4.79 Å². The molecule has 1 aromatic carbocycles. The normalized spacial score (nSPS) is 29.2. The molecule has 1 amide bonds. The number of hydrogen-bond acceptors (Lipinski definition) is 5. The van der Waals surface area contributed by atoms with Crippen LogP contribution in [0.2, 0.25) is 0 Å². The van der Waals surface area contributed by atoms with Crippen molar-refractivity contribution in [2.75, 3.05) is 20.3 Å². The Labute approximate surface area is 171 Å². The lowest BCUT2D eigenvalue weighted by molar-refractivity contribution is -0.153. The number of nitrogens with zero attached hydrogens (tertiary/aromatic N) is 2. The number of amides is 1. The Morgan fingerprint density at radius 2 is 1.69 bits per heavy atom. The summed E-state index contributed by atoms with van der Waals surface area (Å²) in [6, 6.07) is 8.79. The molecule has 0 unspecified atom stereocenters. The van der Waals surface area contributed by atoms with Gasteiger partial charge in [-0.15, -0.1) is 0 Å². The zero-order chi connectivity index (χ0) is 20.4. The van der Waals surface area contributed by atoms with E-state index >= 15 is 0 Å². The van der Waals surface area contributed by atoms with E-state index in [1.165, 1.54) is 19.3 Å². The Kier molecular flexibility index (Phi) is 5.49. The van der Waals surface area contributed by atoms with Crippen LogP contribution < -0.4 is 4.74 Å². The van der Waals surface area contributed by atoms with E-state index in [2.05, 4.69) is 6.07 Å². The van der Waals surface area contributed by atoms with Gasteiger partial charge in [-0.2, -0.15) is 5.26 Å². The average Bonchev–Trinajstić information content (AvgIpc) is 2.71. The number of benzene rings is 1. The predicted octanol–water partition coefficient (Wildman–Crippen LogP) is 3.56. The van der Waals surface area contributed by atoms with Gasteiger partial charge >= 0.3 is 5.97 Å². The van der Waals surface area contributed by atoms with E-state index < -0.39 is 5.97 Å². The number of esters is 1. The van der Waals surface area contributed by atoms with Crippen LogP contribution in [0.25, 0.3) is 0 Å². The highest BCUT2D eigenvalue weighted by molar-refractivity contribution is 5.91. The maximum absolute atomic E-state index is 13.1. The molecule has 4 aliphatic rings. The van der Waals surface area contributed by atoms with Crippen molar-refractivity contribution in [1.82, 2.24) is 4.90 Å². The summed E-state index contributed by atoms with van der Waals surface area (Å²) in [5, 5.41) is 9.10. The first-order valence-corrected chi connectivity index (χ1v) is 10.5. The Balaban J connectivity index is 1.43. The van der Waals surface area contributed by atoms with Crippen LogP contribution in [-0.2, 0) is 9.53 Å². The van der Waals surface area contributed by atoms with Crippen LogP contribution in [0.4, 0.5) is 0 Å². The molecular formula is C23H28N2O4. The van der Waals surface area contributed by atoms with Gasteiger partial charge in [-0.3, -0.25) is 4.79 Å². The smallest absolute Gasteiger partial charge is 0.338 e. The molecule has 5 rings (SSSR count). The van der Waals surface area contributed by atoms with E-state index in [4.69, 9.17) is 14.7 Å². The summed E-state index contributed by atoms with van der Waals surface area (Å²) in [7, 11) is 1.56. The van der Waals surface area contributed by atoms with Gasteiger partial charge in [0.2, 0.25) is 0 Å². The van der Waals surface area contributed by atoms with Gasteiger partial charge in [0, 0.05) is 12.1 Å². The first kappa shape index (κ1) is 19.8. The van der Waals surface area contributed by atoms with Crippen molar-refractivity contribution in [2.24, 2.45) is 17.8 Å². The van der Waals surface area contributed by atoms with Crippen molar-refractivity contribution in [2.45, 2.75) is 50.5 Å². The molecule has 4 bridgehead atoms. The summed E-state index contributed by atoms with van der Waals surface area (Å²) in [5.41, 5.74) is 0.242. The first-order chi connectivity index (χ1) is 14.0. The van der Waals surface area contributed by atoms with Gasteiger partial charge in [0.15, 0.2) is 6.61 Å². The highest BCUT2D eigenvalue weighted by Gasteiger charge is 2.54. The second-order valence-electron chi connectivity index (χ2n) is 8.90. The monoisotopic (exact) mass is 396 g/mol. The second-order valence-corrected chi connectivity index (χ2v) is 8.90. The fourth-order valence-corrected chi connectivity index (χ4v) is 6.20. The van der Waals surface area contributed by atoms with Crippen molar-refractivity contribution in [3.8, 4) is 11.8 Å². The fraction of sp³-hybridized carbons (Fsp3) is 0.609. The molecule has 4 saturated carbocycles. The van der Waals surface area contributed by atoms with E-state index in [1.807, 2.05) is 4.90 Å². The van der Waals surface area contributed by atoms with E-state index in [0.29, 0.717) is 42.0 Å². The maximum atomic E-state index is 13.1. The highest BCUT2D eigenvalue weighted by Crippen LogP contribution is 2.57. The molecule has 0 atom stereocenters. The first-order valence-electron chi connectivity index (χ1n) is 10.5. The molecule has 6 nitrogen and oxygen atoms in total. The minimum absolute atomic E-state index is 0.144. The Morgan fingerprint density at radius 1 is 1.10 bits per heavy atom. The van der Waals surface area contributed by atoms with Crippen LogP contribution in [0, 0.1) is 29.1 Å². The maximum Gasteiger partial charge on any atom is 0.338 e. The average molecular weight is 396 g/mol. The van der Waals surface area contributed by atoms with Crippen molar-refractivity contribution in [1.29, 1.82) is 5.26 Å². The summed E-state index contributed by atoms with van der Waals surface area (Å²) in [4.78, 5) is 27.4. The fourth-order valence-electron chi connectivity index (χ4n) is 6.20. The minimum Gasteiger partial charge on any atom is -0.497 e. The van der Waals surface area contributed by atoms with Crippen LogP contribution >= 0.6 is 0 Å². The van der Waals surface area contributed by atoms with Crippen molar-refractivity contribution >= 4 is 11.9 Å². The molecule has 0 spiro atoms. The quantitative estimate of drug-likeness (QED) is 0.659.